The molecule has 0 radical (unpaired) electrons. The maximum Gasteiger partial charge on any atom is 0.335 e. The number of nitrogens with one attached hydrogen (secondary N) is 1. The van der Waals surface area contributed by atoms with Crippen molar-refractivity contribution in [1.82, 2.24) is 4.98 Å². The molecule has 0 saturated heterocycles. The minimum absolute atomic E-state index is 0.251. The largest absolute Gasteiger partial charge is 0.479 e. The van der Waals surface area contributed by atoms with Crippen molar-refractivity contribution in [3.05, 3.63) is 30.1 Å². The van der Waals surface area contributed by atoms with Gasteiger partial charge in [-0.05, 0) is 12.1 Å². The molecule has 0 amide bonds. The summed E-state index contributed by atoms with van der Waals surface area (Å²) in [6.07, 6.45) is -3.35. The van der Waals surface area contributed by atoms with Crippen LogP contribution in [0.1, 0.15) is 11.9 Å². The Labute approximate surface area is 96.8 Å². The van der Waals surface area contributed by atoms with Gasteiger partial charge in [0.15, 0.2) is 23.2 Å². The quantitative estimate of drug-likeness (QED) is 0.539. The molecule has 1 aromatic carbocycles. The second-order valence-electron chi connectivity index (χ2n) is 3.81. The number of carboxylic acid groups (broad SMARTS) is 1. The number of aromatic nitrogens is 2. The van der Waals surface area contributed by atoms with Gasteiger partial charge in [-0.25, -0.2) is 14.3 Å². The summed E-state index contributed by atoms with van der Waals surface area (Å²) in [6.45, 7) is 0. The molecule has 0 aliphatic rings. The summed E-state index contributed by atoms with van der Waals surface area (Å²) in [5.41, 5.74) is 1.58. The van der Waals surface area contributed by atoms with Crippen LogP contribution >= 0.6 is 0 Å². The number of rotatable bonds is 3. The van der Waals surface area contributed by atoms with Crippen molar-refractivity contribution in [1.29, 1.82) is 0 Å². The van der Waals surface area contributed by atoms with Crippen LogP contribution in [0.3, 0.4) is 0 Å². The van der Waals surface area contributed by atoms with Gasteiger partial charge in [0.2, 0.25) is 0 Å². The average Bonchev–Trinajstić information content (AvgIpc) is 2.65. The number of aromatic amines is 1. The number of H-pyrrole nitrogens is 1. The SMILES string of the molecule is C[n+]1c([C@H](O)[C@@H](O)C(=O)O)[nH]c2ccccc21. The number of fused-ring (bicyclic) bond motifs is 1. The first-order chi connectivity index (χ1) is 8.02. The van der Waals surface area contributed by atoms with Gasteiger partial charge in [-0.1, -0.05) is 12.1 Å². The van der Waals surface area contributed by atoms with E-state index in [-0.39, 0.29) is 5.82 Å². The predicted octanol–water partition coefficient (Wildman–Crippen LogP) is -0.529. The summed E-state index contributed by atoms with van der Waals surface area (Å²) in [4.78, 5) is 13.5. The van der Waals surface area contributed by atoms with Gasteiger partial charge < -0.3 is 15.3 Å². The molecule has 6 nitrogen and oxygen atoms in total. The Morgan fingerprint density at radius 1 is 1.35 bits per heavy atom. The van der Waals surface area contributed by atoms with Gasteiger partial charge in [0, 0.05) is 0 Å². The third-order valence-corrected chi connectivity index (χ3v) is 2.72. The van der Waals surface area contributed by atoms with Crippen LogP contribution in [0.2, 0.25) is 0 Å². The molecule has 0 aliphatic heterocycles. The highest BCUT2D eigenvalue weighted by Gasteiger charge is 2.33. The minimum atomic E-state index is -1.85. The van der Waals surface area contributed by atoms with Crippen LogP contribution in [-0.2, 0) is 11.8 Å². The Morgan fingerprint density at radius 3 is 2.59 bits per heavy atom. The second kappa shape index (κ2) is 4.15. The van der Waals surface area contributed by atoms with Gasteiger partial charge in [-0.3, -0.25) is 0 Å². The van der Waals surface area contributed by atoms with E-state index < -0.39 is 18.2 Å². The zero-order valence-corrected chi connectivity index (χ0v) is 9.16. The summed E-state index contributed by atoms with van der Waals surface area (Å²) in [6, 6.07) is 7.29. The molecule has 0 aliphatic carbocycles. The van der Waals surface area contributed by atoms with Crippen molar-refractivity contribution in [2.24, 2.45) is 7.05 Å². The highest BCUT2D eigenvalue weighted by atomic mass is 16.4. The molecule has 2 rings (SSSR count). The number of aliphatic hydroxyl groups is 2. The molecule has 1 aromatic heterocycles. The molecule has 17 heavy (non-hydrogen) atoms. The van der Waals surface area contributed by atoms with Gasteiger partial charge in [0.05, 0.1) is 7.05 Å². The first-order valence-electron chi connectivity index (χ1n) is 5.08. The van der Waals surface area contributed by atoms with Gasteiger partial charge in [-0.15, -0.1) is 0 Å². The molecule has 1 heterocycles. The highest BCUT2D eigenvalue weighted by molar-refractivity contribution is 5.74. The predicted molar refractivity (Wildman–Crippen MR) is 58.1 cm³/mol. The molecule has 2 atom stereocenters. The Kier molecular flexibility index (Phi) is 2.83. The van der Waals surface area contributed by atoms with E-state index in [9.17, 15) is 15.0 Å². The number of imidazole rings is 1. The summed E-state index contributed by atoms with van der Waals surface area (Å²) >= 11 is 0. The third-order valence-electron chi connectivity index (χ3n) is 2.72. The summed E-state index contributed by atoms with van der Waals surface area (Å²) in [7, 11) is 1.69. The van der Waals surface area contributed by atoms with Crippen molar-refractivity contribution in [3.8, 4) is 0 Å². The lowest BCUT2D eigenvalue weighted by atomic mass is 10.2. The van der Waals surface area contributed by atoms with E-state index in [0.717, 1.165) is 11.0 Å². The van der Waals surface area contributed by atoms with E-state index in [1.807, 2.05) is 18.2 Å². The average molecular weight is 237 g/mol. The Morgan fingerprint density at radius 2 is 2.00 bits per heavy atom. The Balaban J connectivity index is 2.49. The standard InChI is InChI=1S/C11H12N2O4/c1-13-7-5-3-2-4-6(7)12-10(13)8(14)9(15)11(16)17/h2-5,8-9,14-15H,1H3,(H,16,17)/p+1/t8-,9-/m1/s1. The number of hydrogen-bond donors (Lipinski definition) is 4. The summed E-state index contributed by atoms with van der Waals surface area (Å²) in [5, 5.41) is 27.7. The van der Waals surface area contributed by atoms with E-state index in [0.29, 0.717) is 0 Å². The molecule has 0 spiro atoms. The van der Waals surface area contributed by atoms with E-state index in [1.54, 1.807) is 17.7 Å². The van der Waals surface area contributed by atoms with E-state index >= 15 is 0 Å². The fourth-order valence-electron chi connectivity index (χ4n) is 1.78. The van der Waals surface area contributed by atoms with Gasteiger partial charge in [-0.2, -0.15) is 0 Å². The number of carboxylic acids is 1. The van der Waals surface area contributed by atoms with Crippen LogP contribution in [0.4, 0.5) is 0 Å². The lowest BCUT2D eigenvalue weighted by molar-refractivity contribution is -0.657. The molecule has 0 saturated carbocycles. The van der Waals surface area contributed by atoms with Gasteiger partial charge in [0.25, 0.3) is 5.82 Å². The number of para-hydroxylation sites is 2. The molecular formula is C11H13N2O4+. The first kappa shape index (κ1) is 11.6. The van der Waals surface area contributed by atoms with Crippen molar-refractivity contribution >= 4 is 17.0 Å². The van der Waals surface area contributed by atoms with Crippen LogP contribution in [-0.4, -0.2) is 32.4 Å². The van der Waals surface area contributed by atoms with Crippen LogP contribution in [0, 0.1) is 0 Å². The number of aryl methyl sites for hydroxylation is 1. The fourth-order valence-corrected chi connectivity index (χ4v) is 1.78. The van der Waals surface area contributed by atoms with Gasteiger partial charge in [0.1, 0.15) is 0 Å². The number of nitrogens with zero attached hydrogens (tertiary/aromatic N) is 1. The second-order valence-corrected chi connectivity index (χ2v) is 3.81. The third kappa shape index (κ3) is 1.88. The van der Waals surface area contributed by atoms with Gasteiger partial charge >= 0.3 is 5.97 Å². The molecule has 4 N–H and O–H groups in total. The van der Waals surface area contributed by atoms with Crippen LogP contribution in [0.25, 0.3) is 11.0 Å². The smallest absolute Gasteiger partial charge is 0.335 e. The fraction of sp³-hybridized carbons (Fsp3) is 0.273. The van der Waals surface area contributed by atoms with Crippen LogP contribution < -0.4 is 4.57 Å². The normalized spacial score (nSPS) is 14.8. The first-order valence-corrected chi connectivity index (χ1v) is 5.08. The summed E-state index contributed by atoms with van der Waals surface area (Å²) in [5.74, 6) is -1.21. The van der Waals surface area contributed by atoms with E-state index in [2.05, 4.69) is 4.98 Å². The van der Waals surface area contributed by atoms with Crippen molar-refractivity contribution in [2.75, 3.05) is 0 Å². The maximum absolute atomic E-state index is 10.6. The number of aliphatic hydroxyl groups excluding tert-OH is 2. The van der Waals surface area contributed by atoms with Crippen molar-refractivity contribution in [2.45, 2.75) is 12.2 Å². The van der Waals surface area contributed by atoms with Crippen molar-refractivity contribution in [3.63, 3.8) is 0 Å². The minimum Gasteiger partial charge on any atom is -0.479 e. The Bertz CT molecular complexity index is 564. The number of hydrogen-bond acceptors (Lipinski definition) is 3. The maximum atomic E-state index is 10.6. The van der Waals surface area contributed by atoms with Crippen LogP contribution in [0.5, 0.6) is 0 Å². The number of benzene rings is 1. The highest BCUT2D eigenvalue weighted by Crippen LogP contribution is 2.16. The van der Waals surface area contributed by atoms with Crippen molar-refractivity contribution < 1.29 is 24.7 Å². The lowest BCUT2D eigenvalue weighted by Gasteiger charge is -2.09. The number of aliphatic carboxylic acids is 1. The molecule has 0 fully saturated rings. The summed E-state index contributed by atoms with van der Waals surface area (Å²) < 4.78 is 1.62. The van der Waals surface area contributed by atoms with Crippen LogP contribution in [0.15, 0.2) is 24.3 Å². The molecule has 2 aromatic rings. The molecule has 6 heteroatoms. The zero-order valence-electron chi connectivity index (χ0n) is 9.16. The monoisotopic (exact) mass is 237 g/mol. The lowest BCUT2D eigenvalue weighted by Crippen LogP contribution is -2.39. The van der Waals surface area contributed by atoms with E-state index in [1.165, 1.54) is 0 Å². The topological polar surface area (TPSA) is 97.4 Å². The Hall–Kier alpha value is -1.92. The van der Waals surface area contributed by atoms with E-state index in [4.69, 9.17) is 5.11 Å². The zero-order chi connectivity index (χ0) is 12.6. The number of carbonyl (C=O) groups is 1. The molecule has 0 bridgehead atoms. The molecule has 90 valence electrons. The molecular weight excluding hydrogens is 224 g/mol. The molecule has 0 unspecified atom stereocenters.